The lowest BCUT2D eigenvalue weighted by Gasteiger charge is -2.29. The maximum Gasteiger partial charge on any atom is 0.341 e. The number of benzene rings is 1. The number of hydrogen-bond donors (Lipinski definition) is 4. The van der Waals surface area contributed by atoms with Gasteiger partial charge >= 0.3 is 6.03 Å². The van der Waals surface area contributed by atoms with E-state index in [-0.39, 0.29) is 24.5 Å². The first-order valence-corrected chi connectivity index (χ1v) is 13.3. The van der Waals surface area contributed by atoms with Crippen molar-refractivity contribution in [3.05, 3.63) is 50.5 Å². The van der Waals surface area contributed by atoms with Crippen LogP contribution in [-0.4, -0.2) is 52.5 Å². The summed E-state index contributed by atoms with van der Waals surface area (Å²) in [5, 5.41) is 14.8. The largest absolute Gasteiger partial charge is 0.394 e. The Labute approximate surface area is 211 Å². The number of aliphatic hydroxyl groups is 1. The molecule has 35 heavy (non-hydrogen) atoms. The lowest BCUT2D eigenvalue weighted by atomic mass is 10.0. The second-order valence-electron chi connectivity index (χ2n) is 7.09. The Morgan fingerprint density at radius 2 is 1.97 bits per heavy atom. The van der Waals surface area contributed by atoms with Gasteiger partial charge in [0.2, 0.25) is 0 Å². The minimum absolute atomic E-state index is 0.0643. The summed E-state index contributed by atoms with van der Waals surface area (Å²) in [5.74, 6) is -4.45. The average Bonchev–Trinajstić information content (AvgIpc) is 2.84. The van der Waals surface area contributed by atoms with Gasteiger partial charge in [0.05, 0.1) is 42.8 Å². The van der Waals surface area contributed by atoms with Crippen molar-refractivity contribution in [2.24, 2.45) is 0 Å². The van der Waals surface area contributed by atoms with Crippen LogP contribution < -0.4 is 16.1 Å². The predicted molar refractivity (Wildman–Crippen MR) is 133 cm³/mol. The first-order valence-electron chi connectivity index (χ1n) is 10.8. The number of carbonyl (C=O) groups excluding carboxylic acids is 2. The number of carbonyl (C=O) groups is 2. The number of urea groups is 1. The number of halogens is 4. The lowest BCUT2D eigenvalue weighted by Crippen LogP contribution is -2.42. The van der Waals surface area contributed by atoms with Crippen molar-refractivity contribution in [3.8, 4) is 0 Å². The second-order valence-corrected chi connectivity index (χ2v) is 9.15. The number of aliphatic hydroxyl groups excluding tert-OH is 1. The summed E-state index contributed by atoms with van der Waals surface area (Å²) in [7, 11) is 0. The number of anilines is 1. The zero-order valence-electron chi connectivity index (χ0n) is 19.5. The Morgan fingerprint density at radius 3 is 2.60 bits per heavy atom. The molecule has 1 aliphatic rings. The number of nitrogens with zero attached hydrogens (tertiary/aromatic N) is 1. The van der Waals surface area contributed by atoms with Gasteiger partial charge in [0.25, 0.3) is 5.91 Å². The highest BCUT2D eigenvalue weighted by molar-refractivity contribution is 14.2. The number of hydroxylamine groups is 3. The molecule has 0 spiro atoms. The molecule has 9 nitrogen and oxygen atoms in total. The predicted octanol–water partition coefficient (Wildman–Crippen LogP) is 3.95. The van der Waals surface area contributed by atoms with Gasteiger partial charge in [0.15, 0.2) is 17.5 Å². The molecular weight excluding hydrogens is 584 g/mol. The molecule has 1 atom stereocenters. The molecule has 0 saturated carbocycles. The maximum atomic E-state index is 15.3. The summed E-state index contributed by atoms with van der Waals surface area (Å²) in [5.41, 5.74) is 0.492. The van der Waals surface area contributed by atoms with Gasteiger partial charge in [-0.05, 0) is 36.5 Å². The van der Waals surface area contributed by atoms with Gasteiger partial charge in [-0.3, -0.25) is 14.5 Å². The molecule has 0 saturated heterocycles. The zero-order chi connectivity index (χ0) is 26.0. The highest BCUT2D eigenvalue weighted by Crippen LogP contribution is 2.33. The van der Waals surface area contributed by atoms with E-state index in [0.717, 1.165) is 11.1 Å². The van der Waals surface area contributed by atoms with Crippen LogP contribution in [0.25, 0.3) is 0 Å². The van der Waals surface area contributed by atoms with Crippen molar-refractivity contribution < 1.29 is 37.5 Å². The van der Waals surface area contributed by atoms with Crippen LogP contribution in [0.2, 0.25) is 0 Å². The van der Waals surface area contributed by atoms with Crippen LogP contribution >= 0.6 is 20.7 Å². The van der Waals surface area contributed by atoms with Gasteiger partial charge in [-0.2, -0.15) is 5.06 Å². The van der Waals surface area contributed by atoms with Gasteiger partial charge in [-0.1, -0.05) is 27.7 Å². The standard InChI is InChI=1S/C22H28F3IN4O5/c1-4-8-27-22(33)30(35-5-2)13(3)14-11-15(21(32)29-34-10-9-31)20(19(25)18(14)24)28-17-6-7-26-12-16(17)23/h6-7,11-13,28,31H,4-5,8-10H2,1-3H3,(H,27,33)(H,29,32). The van der Waals surface area contributed by atoms with Crippen molar-refractivity contribution in [2.45, 2.75) is 33.2 Å². The summed E-state index contributed by atoms with van der Waals surface area (Å²) in [4.78, 5) is 35.5. The van der Waals surface area contributed by atoms with Crippen molar-refractivity contribution in [1.29, 1.82) is 0 Å². The Kier molecular flexibility index (Phi) is 11.6. The Morgan fingerprint density at radius 1 is 1.23 bits per heavy atom. The third-order valence-electron chi connectivity index (χ3n) is 4.61. The van der Waals surface area contributed by atoms with E-state index in [0.29, 0.717) is 13.0 Å². The van der Waals surface area contributed by atoms with E-state index in [1.807, 2.05) is 12.4 Å². The Hall–Kier alpha value is -2.49. The fourth-order valence-electron chi connectivity index (χ4n) is 2.96. The third kappa shape index (κ3) is 7.49. The SMILES string of the molecule is CCCNC(=O)N(OCC)C(C)c1cc(C(=O)NOCCO)c(NC2=C(F)C=IC=C2)c(F)c1F. The molecule has 2 rings (SSSR count). The van der Waals surface area contributed by atoms with E-state index in [9.17, 15) is 14.0 Å². The topological polar surface area (TPSA) is 112 Å². The summed E-state index contributed by atoms with van der Waals surface area (Å²) in [6.45, 7) is 4.61. The molecule has 194 valence electrons. The number of allylic oxidation sites excluding steroid dienone is 2. The molecule has 1 heterocycles. The second kappa shape index (κ2) is 14.2. The molecular formula is C22H28F3IN4O5. The molecule has 0 aliphatic carbocycles. The van der Waals surface area contributed by atoms with E-state index < -0.39 is 74.0 Å². The fourth-order valence-corrected chi connectivity index (χ4v) is 4.38. The average molecular weight is 612 g/mol. The van der Waals surface area contributed by atoms with Gasteiger partial charge in [0, 0.05) is 16.1 Å². The maximum absolute atomic E-state index is 15.3. The van der Waals surface area contributed by atoms with Crippen LogP contribution in [0.15, 0.2) is 27.7 Å². The molecule has 0 bridgehead atoms. The molecule has 0 radical (unpaired) electrons. The van der Waals surface area contributed by atoms with Crippen LogP contribution in [-0.2, 0) is 9.68 Å². The number of amides is 3. The molecule has 1 aromatic rings. The van der Waals surface area contributed by atoms with Crippen molar-refractivity contribution in [1.82, 2.24) is 15.9 Å². The molecule has 3 amide bonds. The monoisotopic (exact) mass is 612 g/mol. The Bertz CT molecular complexity index is 1020. The van der Waals surface area contributed by atoms with E-state index in [4.69, 9.17) is 14.8 Å². The first kappa shape index (κ1) is 28.7. The van der Waals surface area contributed by atoms with Gasteiger partial charge < -0.3 is 15.7 Å². The van der Waals surface area contributed by atoms with Crippen LogP contribution in [0, 0.1) is 11.6 Å². The van der Waals surface area contributed by atoms with E-state index in [1.54, 1.807) is 11.0 Å². The van der Waals surface area contributed by atoms with Gasteiger partial charge in [-0.25, -0.2) is 23.4 Å². The smallest absolute Gasteiger partial charge is 0.341 e. The van der Waals surface area contributed by atoms with Crippen LogP contribution in [0.1, 0.15) is 49.2 Å². The van der Waals surface area contributed by atoms with Crippen molar-refractivity contribution in [2.75, 3.05) is 31.7 Å². The summed E-state index contributed by atoms with van der Waals surface area (Å²) >= 11 is -0.638. The van der Waals surface area contributed by atoms with Crippen LogP contribution in [0.5, 0.6) is 0 Å². The minimum atomic E-state index is -1.46. The third-order valence-corrected chi connectivity index (χ3v) is 6.29. The molecule has 1 aromatic carbocycles. The molecule has 0 aromatic heterocycles. The molecule has 13 heteroatoms. The van der Waals surface area contributed by atoms with E-state index >= 15 is 8.78 Å². The number of nitrogens with one attached hydrogen (secondary N) is 3. The summed E-state index contributed by atoms with van der Waals surface area (Å²) in [6, 6.07) is -0.785. The highest BCUT2D eigenvalue weighted by atomic mass is 127. The van der Waals surface area contributed by atoms with Crippen LogP contribution in [0.4, 0.5) is 23.7 Å². The summed E-state index contributed by atoms with van der Waals surface area (Å²) in [6.07, 6.45) is 2.02. The Balaban J connectivity index is 2.56. The van der Waals surface area contributed by atoms with E-state index in [1.165, 1.54) is 17.0 Å². The normalized spacial score (nSPS) is 13.8. The van der Waals surface area contributed by atoms with Gasteiger partial charge in [0.1, 0.15) is 0 Å². The first-order chi connectivity index (χ1) is 16.8. The molecule has 1 unspecified atom stereocenters. The lowest BCUT2D eigenvalue weighted by molar-refractivity contribution is -0.138. The van der Waals surface area contributed by atoms with E-state index in [2.05, 4.69) is 10.6 Å². The highest BCUT2D eigenvalue weighted by Gasteiger charge is 2.30. The van der Waals surface area contributed by atoms with Gasteiger partial charge in [-0.15, -0.1) is 0 Å². The quantitative estimate of drug-likeness (QED) is 0.162. The van der Waals surface area contributed by atoms with Crippen molar-refractivity contribution in [3.63, 3.8) is 0 Å². The minimum Gasteiger partial charge on any atom is -0.394 e. The summed E-state index contributed by atoms with van der Waals surface area (Å²) < 4.78 is 47.9. The molecule has 0 fully saturated rings. The molecule has 1 aliphatic heterocycles. The zero-order valence-corrected chi connectivity index (χ0v) is 21.6. The van der Waals surface area contributed by atoms with Crippen molar-refractivity contribution >= 4 is 42.4 Å². The molecule has 4 N–H and O–H groups in total. The van der Waals surface area contributed by atoms with Crippen LogP contribution in [0.3, 0.4) is 0 Å². The number of rotatable bonds is 12. The fraction of sp³-hybridized carbons (Fsp3) is 0.409. The number of hydrogen-bond acceptors (Lipinski definition) is 6.